The summed E-state index contributed by atoms with van der Waals surface area (Å²) in [5.41, 5.74) is 6.17. The molecule has 4 heteroatoms. The van der Waals surface area contributed by atoms with Gasteiger partial charge in [0.2, 0.25) is 0 Å². The number of halogens is 2. The van der Waals surface area contributed by atoms with E-state index in [-0.39, 0.29) is 17.5 Å². The fourth-order valence-corrected chi connectivity index (χ4v) is 2.02. The van der Waals surface area contributed by atoms with Gasteiger partial charge >= 0.3 is 0 Å². The molecule has 2 N–H and O–H groups in total. The van der Waals surface area contributed by atoms with Gasteiger partial charge in [-0.25, -0.2) is 4.39 Å². The molecule has 1 aromatic rings. The van der Waals surface area contributed by atoms with E-state index in [9.17, 15) is 4.39 Å². The Morgan fingerprint density at radius 1 is 1.47 bits per heavy atom. The number of hydrogen-bond acceptors (Lipinski definition) is 2. The first-order valence-corrected chi connectivity index (χ1v) is 5.97. The van der Waals surface area contributed by atoms with Crippen LogP contribution < -0.4 is 5.73 Å². The van der Waals surface area contributed by atoms with Gasteiger partial charge in [-0.2, -0.15) is 0 Å². The quantitative estimate of drug-likeness (QED) is 0.882. The SMILES string of the molecule is COC(C)(C)CC(N)Cc1c(F)cccc1Cl. The van der Waals surface area contributed by atoms with Crippen LogP contribution in [0.3, 0.4) is 0 Å². The molecule has 0 aliphatic carbocycles. The van der Waals surface area contributed by atoms with Crippen LogP contribution in [0.4, 0.5) is 4.39 Å². The second-order valence-electron chi connectivity index (χ2n) is 4.83. The molecule has 0 radical (unpaired) electrons. The van der Waals surface area contributed by atoms with Crippen molar-refractivity contribution in [3.63, 3.8) is 0 Å². The van der Waals surface area contributed by atoms with Crippen molar-refractivity contribution in [3.05, 3.63) is 34.6 Å². The van der Waals surface area contributed by atoms with Crippen molar-refractivity contribution in [1.29, 1.82) is 0 Å². The maximum absolute atomic E-state index is 13.6. The van der Waals surface area contributed by atoms with Crippen LogP contribution in [-0.4, -0.2) is 18.8 Å². The predicted molar refractivity (Wildman–Crippen MR) is 68.8 cm³/mol. The summed E-state index contributed by atoms with van der Waals surface area (Å²) in [6.07, 6.45) is 1.06. The summed E-state index contributed by atoms with van der Waals surface area (Å²) in [4.78, 5) is 0. The molecule has 0 aliphatic heterocycles. The average Bonchev–Trinajstić information content (AvgIpc) is 2.23. The molecule has 0 fully saturated rings. The normalized spacial score (nSPS) is 13.8. The first kappa shape index (κ1) is 14.4. The molecule has 0 aromatic heterocycles. The first-order valence-electron chi connectivity index (χ1n) is 5.59. The van der Waals surface area contributed by atoms with E-state index in [1.165, 1.54) is 6.07 Å². The summed E-state index contributed by atoms with van der Waals surface area (Å²) in [5, 5.41) is 0.427. The van der Waals surface area contributed by atoms with Crippen molar-refractivity contribution < 1.29 is 9.13 Å². The molecule has 0 amide bonds. The Kier molecular flexibility index (Phi) is 4.92. The molecule has 0 saturated heterocycles. The lowest BCUT2D eigenvalue weighted by atomic mass is 9.94. The number of nitrogens with two attached hydrogens (primary N) is 1. The van der Waals surface area contributed by atoms with Gasteiger partial charge in [-0.15, -0.1) is 0 Å². The molecule has 0 aliphatic rings. The van der Waals surface area contributed by atoms with Gasteiger partial charge in [0.05, 0.1) is 5.60 Å². The van der Waals surface area contributed by atoms with E-state index in [0.717, 1.165) is 0 Å². The molecule has 2 nitrogen and oxygen atoms in total. The van der Waals surface area contributed by atoms with E-state index >= 15 is 0 Å². The number of benzene rings is 1. The number of ether oxygens (including phenoxy) is 1. The molecule has 0 bridgehead atoms. The van der Waals surface area contributed by atoms with Gasteiger partial charge in [0.1, 0.15) is 5.82 Å². The van der Waals surface area contributed by atoms with Crippen LogP contribution in [0.5, 0.6) is 0 Å². The molecule has 1 atom stereocenters. The summed E-state index contributed by atoms with van der Waals surface area (Å²) in [5.74, 6) is -0.303. The fourth-order valence-electron chi connectivity index (χ4n) is 1.78. The van der Waals surface area contributed by atoms with Gasteiger partial charge in [-0.1, -0.05) is 17.7 Å². The Hall–Kier alpha value is -0.640. The third-order valence-electron chi connectivity index (χ3n) is 2.83. The lowest BCUT2D eigenvalue weighted by Gasteiger charge is -2.26. The van der Waals surface area contributed by atoms with Crippen LogP contribution in [0, 0.1) is 5.82 Å². The molecule has 1 unspecified atom stereocenters. The highest BCUT2D eigenvalue weighted by molar-refractivity contribution is 6.31. The third-order valence-corrected chi connectivity index (χ3v) is 3.19. The minimum Gasteiger partial charge on any atom is -0.379 e. The Balaban J connectivity index is 2.72. The zero-order valence-corrected chi connectivity index (χ0v) is 11.2. The van der Waals surface area contributed by atoms with E-state index in [4.69, 9.17) is 22.1 Å². The molecule has 1 aromatic carbocycles. The highest BCUT2D eigenvalue weighted by Gasteiger charge is 2.22. The predicted octanol–water partition coefficient (Wildman–Crippen LogP) is 3.16. The van der Waals surface area contributed by atoms with Crippen molar-refractivity contribution >= 4 is 11.6 Å². The Morgan fingerprint density at radius 2 is 2.12 bits per heavy atom. The van der Waals surface area contributed by atoms with E-state index in [2.05, 4.69) is 0 Å². The minimum atomic E-state index is -0.308. The van der Waals surface area contributed by atoms with Crippen LogP contribution in [0.15, 0.2) is 18.2 Å². The molecule has 0 spiro atoms. The van der Waals surface area contributed by atoms with E-state index in [1.54, 1.807) is 19.2 Å². The summed E-state index contributed by atoms with van der Waals surface area (Å²) in [6, 6.07) is 4.48. The molecular formula is C13H19ClFNO. The third kappa shape index (κ3) is 4.26. The maximum atomic E-state index is 13.6. The molecule has 1 rings (SSSR count). The van der Waals surface area contributed by atoms with Gasteiger partial charge in [0.25, 0.3) is 0 Å². The van der Waals surface area contributed by atoms with Crippen LogP contribution in [0.25, 0.3) is 0 Å². The van der Waals surface area contributed by atoms with Crippen molar-refractivity contribution in [2.75, 3.05) is 7.11 Å². The molecule has 17 heavy (non-hydrogen) atoms. The highest BCUT2D eigenvalue weighted by Crippen LogP contribution is 2.23. The van der Waals surface area contributed by atoms with E-state index < -0.39 is 0 Å². The van der Waals surface area contributed by atoms with Crippen molar-refractivity contribution in [2.24, 2.45) is 5.73 Å². The van der Waals surface area contributed by atoms with Crippen LogP contribution in [-0.2, 0) is 11.2 Å². The Bertz CT molecular complexity index is 361. The minimum absolute atomic E-state index is 0.181. The van der Waals surface area contributed by atoms with Gasteiger partial charge in [-0.05, 0) is 38.8 Å². The topological polar surface area (TPSA) is 35.2 Å². The van der Waals surface area contributed by atoms with Gasteiger partial charge < -0.3 is 10.5 Å². The Labute approximate surface area is 107 Å². The van der Waals surface area contributed by atoms with Crippen LogP contribution >= 0.6 is 11.6 Å². The molecule has 0 heterocycles. The summed E-state index contributed by atoms with van der Waals surface area (Å²) >= 11 is 5.95. The maximum Gasteiger partial charge on any atom is 0.127 e. The second kappa shape index (κ2) is 5.80. The monoisotopic (exact) mass is 259 g/mol. The number of hydrogen-bond donors (Lipinski definition) is 1. The van der Waals surface area contributed by atoms with Crippen molar-refractivity contribution in [1.82, 2.24) is 0 Å². The smallest absolute Gasteiger partial charge is 0.127 e. The lowest BCUT2D eigenvalue weighted by molar-refractivity contribution is 0.0101. The molecule has 0 saturated carbocycles. The van der Waals surface area contributed by atoms with Crippen molar-refractivity contribution in [3.8, 4) is 0 Å². The van der Waals surface area contributed by atoms with Crippen LogP contribution in [0.2, 0.25) is 5.02 Å². The number of rotatable bonds is 5. The van der Waals surface area contributed by atoms with E-state index in [0.29, 0.717) is 23.4 Å². The van der Waals surface area contributed by atoms with Crippen molar-refractivity contribution in [2.45, 2.75) is 38.3 Å². The van der Waals surface area contributed by atoms with Gasteiger partial charge in [-0.3, -0.25) is 0 Å². The van der Waals surface area contributed by atoms with Gasteiger partial charge in [0, 0.05) is 23.7 Å². The summed E-state index contributed by atoms with van der Waals surface area (Å²) in [6.45, 7) is 3.91. The Morgan fingerprint density at radius 3 is 2.65 bits per heavy atom. The zero-order chi connectivity index (χ0) is 13.1. The highest BCUT2D eigenvalue weighted by atomic mass is 35.5. The van der Waals surface area contributed by atoms with Gasteiger partial charge in [0.15, 0.2) is 0 Å². The summed E-state index contributed by atoms with van der Waals surface area (Å²) < 4.78 is 18.9. The lowest BCUT2D eigenvalue weighted by Crippen LogP contribution is -2.35. The van der Waals surface area contributed by atoms with Crippen LogP contribution in [0.1, 0.15) is 25.8 Å². The molecular weight excluding hydrogens is 241 g/mol. The molecule has 96 valence electrons. The average molecular weight is 260 g/mol. The summed E-state index contributed by atoms with van der Waals surface area (Å²) in [7, 11) is 1.64. The zero-order valence-electron chi connectivity index (χ0n) is 10.5. The number of methoxy groups -OCH3 is 1. The second-order valence-corrected chi connectivity index (χ2v) is 5.24. The first-order chi connectivity index (χ1) is 7.85. The van der Waals surface area contributed by atoms with E-state index in [1.807, 2.05) is 13.8 Å². The largest absolute Gasteiger partial charge is 0.379 e. The fraction of sp³-hybridized carbons (Fsp3) is 0.538. The standard InChI is InChI=1S/C13H19ClFNO/c1-13(2,17-3)8-9(16)7-10-11(14)5-4-6-12(10)15/h4-6,9H,7-8,16H2,1-3H3.